The zero-order chi connectivity index (χ0) is 16.0. The molecule has 0 bridgehead atoms. The van der Waals surface area contributed by atoms with Crippen molar-refractivity contribution in [2.45, 2.75) is 55.7 Å². The van der Waals surface area contributed by atoms with Crippen LogP contribution in [0.5, 0.6) is 0 Å². The zero-order valence-corrected chi connectivity index (χ0v) is 13.6. The molecule has 0 aromatic carbocycles. The van der Waals surface area contributed by atoms with E-state index in [1.807, 2.05) is 0 Å². The molecule has 5 nitrogen and oxygen atoms in total. The lowest BCUT2D eigenvalue weighted by Crippen LogP contribution is -2.57. The average molecular weight is 354 g/mol. The molecular weight excluding hydrogens is 330 g/mol. The van der Waals surface area contributed by atoms with E-state index in [9.17, 15) is 25.5 Å². The first-order valence-electron chi connectivity index (χ1n) is 6.28. The third-order valence-electron chi connectivity index (χ3n) is 3.32. The smallest absolute Gasteiger partial charge is 0.0981 e. The van der Waals surface area contributed by atoms with E-state index in [2.05, 4.69) is 0 Å². The van der Waals surface area contributed by atoms with Crippen LogP contribution in [0.2, 0.25) is 0 Å². The lowest BCUT2D eigenvalue weighted by atomic mass is 9.74. The van der Waals surface area contributed by atoms with Crippen LogP contribution in [0, 0.1) is 0 Å². The minimum Gasteiger partial charge on any atom is -0.392 e. The number of aliphatic hydroxyl groups excluding tert-OH is 3. The number of rotatable bonds is 10. The molecule has 5 N–H and O–H groups in total. The normalized spacial score (nSPS) is 22.6. The van der Waals surface area contributed by atoms with E-state index in [0.717, 1.165) is 0 Å². The molecule has 0 radical (unpaired) electrons. The Morgan fingerprint density at radius 2 is 1.05 bits per heavy atom. The van der Waals surface area contributed by atoms with Gasteiger partial charge in [0, 0.05) is 36.9 Å². The summed E-state index contributed by atoms with van der Waals surface area (Å²) in [7, 11) is 0. The third-order valence-corrected chi connectivity index (χ3v) is 4.39. The maximum absolute atomic E-state index is 10.6. The molecule has 122 valence electrons. The maximum atomic E-state index is 10.6. The molecule has 0 rings (SSSR count). The SMILES string of the molecule is CC(O)(CC(O)CCl)C(O)(CC(O)CCl)CC(O)CCl. The van der Waals surface area contributed by atoms with Gasteiger partial charge in [-0.1, -0.05) is 0 Å². The number of hydrogen-bond acceptors (Lipinski definition) is 5. The van der Waals surface area contributed by atoms with Crippen LogP contribution < -0.4 is 0 Å². The van der Waals surface area contributed by atoms with Gasteiger partial charge < -0.3 is 25.5 Å². The van der Waals surface area contributed by atoms with Crippen LogP contribution in [0.3, 0.4) is 0 Å². The Morgan fingerprint density at radius 1 is 0.750 bits per heavy atom. The predicted molar refractivity (Wildman–Crippen MR) is 79.6 cm³/mol. The first-order chi connectivity index (χ1) is 9.11. The van der Waals surface area contributed by atoms with E-state index in [0.29, 0.717) is 0 Å². The first-order valence-corrected chi connectivity index (χ1v) is 7.89. The Bertz CT molecular complexity index is 266. The van der Waals surface area contributed by atoms with Crippen LogP contribution in [0.1, 0.15) is 26.2 Å². The van der Waals surface area contributed by atoms with Gasteiger partial charge in [0.05, 0.1) is 29.5 Å². The van der Waals surface area contributed by atoms with Crippen molar-refractivity contribution in [1.29, 1.82) is 0 Å². The summed E-state index contributed by atoms with van der Waals surface area (Å²) >= 11 is 16.5. The summed E-state index contributed by atoms with van der Waals surface area (Å²) in [5.74, 6) is -0.372. The van der Waals surface area contributed by atoms with Gasteiger partial charge >= 0.3 is 0 Å². The third kappa shape index (κ3) is 6.20. The van der Waals surface area contributed by atoms with E-state index in [1.165, 1.54) is 6.92 Å². The number of alkyl halides is 3. The largest absolute Gasteiger partial charge is 0.392 e. The molecule has 0 aromatic heterocycles. The molecule has 4 unspecified atom stereocenters. The molecule has 0 saturated heterocycles. The number of halogens is 3. The highest BCUT2D eigenvalue weighted by Gasteiger charge is 2.48. The van der Waals surface area contributed by atoms with Crippen molar-refractivity contribution in [3.63, 3.8) is 0 Å². The Hall–Kier alpha value is 0.670. The fourth-order valence-corrected chi connectivity index (χ4v) is 2.44. The molecule has 0 aliphatic rings. The van der Waals surface area contributed by atoms with Gasteiger partial charge in [-0.15, -0.1) is 34.8 Å². The van der Waals surface area contributed by atoms with Gasteiger partial charge in [-0.2, -0.15) is 0 Å². The topological polar surface area (TPSA) is 101 Å². The van der Waals surface area contributed by atoms with Crippen molar-refractivity contribution in [3.8, 4) is 0 Å². The van der Waals surface area contributed by atoms with Crippen molar-refractivity contribution in [2.24, 2.45) is 0 Å². The van der Waals surface area contributed by atoms with Crippen LogP contribution in [-0.4, -0.2) is 72.7 Å². The second kappa shape index (κ2) is 8.96. The number of aliphatic hydroxyl groups is 5. The Balaban J connectivity index is 5.15. The van der Waals surface area contributed by atoms with E-state index in [-0.39, 0.29) is 36.9 Å². The minimum atomic E-state index is -1.86. The maximum Gasteiger partial charge on any atom is 0.0981 e. The Kier molecular flexibility index (Phi) is 9.26. The lowest BCUT2D eigenvalue weighted by Gasteiger charge is -2.44. The van der Waals surface area contributed by atoms with Crippen LogP contribution in [0.25, 0.3) is 0 Å². The molecule has 8 heteroatoms. The molecule has 0 heterocycles. The summed E-state index contributed by atoms with van der Waals surface area (Å²) in [4.78, 5) is 0. The van der Waals surface area contributed by atoms with Crippen LogP contribution in [0.4, 0.5) is 0 Å². The van der Waals surface area contributed by atoms with E-state index >= 15 is 0 Å². The van der Waals surface area contributed by atoms with E-state index < -0.39 is 29.5 Å². The lowest BCUT2D eigenvalue weighted by molar-refractivity contribution is -0.182. The molecule has 0 fully saturated rings. The van der Waals surface area contributed by atoms with Crippen molar-refractivity contribution in [2.75, 3.05) is 17.6 Å². The highest BCUT2D eigenvalue weighted by molar-refractivity contribution is 6.18. The summed E-state index contributed by atoms with van der Waals surface area (Å²) in [6.07, 6.45) is -3.89. The fourth-order valence-electron chi connectivity index (χ4n) is 2.12. The minimum absolute atomic E-state index is 0.109. The molecule has 0 spiro atoms. The Labute approximate surface area is 134 Å². The van der Waals surface area contributed by atoms with Gasteiger partial charge in [-0.3, -0.25) is 0 Å². The van der Waals surface area contributed by atoms with Gasteiger partial charge in [0.1, 0.15) is 0 Å². The molecular formula is C12H23Cl3O5. The van der Waals surface area contributed by atoms with Crippen LogP contribution in [0.15, 0.2) is 0 Å². The molecule has 0 aliphatic heterocycles. The molecule has 0 aromatic rings. The van der Waals surface area contributed by atoms with Crippen molar-refractivity contribution in [1.82, 2.24) is 0 Å². The molecule has 0 amide bonds. The van der Waals surface area contributed by atoms with E-state index in [4.69, 9.17) is 34.8 Å². The van der Waals surface area contributed by atoms with E-state index in [1.54, 1.807) is 0 Å². The Morgan fingerprint density at radius 3 is 1.35 bits per heavy atom. The highest BCUT2D eigenvalue weighted by atomic mass is 35.5. The molecule has 4 atom stereocenters. The second-order valence-electron chi connectivity index (χ2n) is 5.34. The van der Waals surface area contributed by atoms with Gasteiger partial charge in [0.2, 0.25) is 0 Å². The quantitative estimate of drug-likeness (QED) is 0.367. The molecule has 0 saturated carbocycles. The highest BCUT2D eigenvalue weighted by Crippen LogP contribution is 2.35. The van der Waals surface area contributed by atoms with Crippen LogP contribution >= 0.6 is 34.8 Å². The van der Waals surface area contributed by atoms with Crippen molar-refractivity contribution < 1.29 is 25.5 Å². The fraction of sp³-hybridized carbons (Fsp3) is 1.00. The first kappa shape index (κ1) is 20.7. The standard InChI is InChI=1S/C12H23Cl3O5/c1-11(19,2-8(16)5-13)12(20,3-9(17)6-14)4-10(18)7-15/h8-10,16-20H,2-7H2,1H3. The number of hydrogen-bond donors (Lipinski definition) is 5. The predicted octanol–water partition coefficient (Wildman–Crippen LogP) is 0.438. The van der Waals surface area contributed by atoms with Gasteiger partial charge in [0.15, 0.2) is 0 Å². The van der Waals surface area contributed by atoms with Crippen LogP contribution in [-0.2, 0) is 0 Å². The van der Waals surface area contributed by atoms with Crippen molar-refractivity contribution in [3.05, 3.63) is 0 Å². The zero-order valence-electron chi connectivity index (χ0n) is 11.3. The van der Waals surface area contributed by atoms with Gasteiger partial charge in [-0.25, -0.2) is 0 Å². The monoisotopic (exact) mass is 352 g/mol. The van der Waals surface area contributed by atoms with Gasteiger partial charge in [0.25, 0.3) is 0 Å². The molecule has 0 aliphatic carbocycles. The van der Waals surface area contributed by atoms with Gasteiger partial charge in [-0.05, 0) is 6.92 Å². The molecule has 20 heavy (non-hydrogen) atoms. The average Bonchev–Trinajstić information content (AvgIpc) is 2.37. The summed E-state index contributed by atoms with van der Waals surface area (Å²) < 4.78 is 0. The summed E-state index contributed by atoms with van der Waals surface area (Å²) in [6, 6.07) is 0. The summed E-state index contributed by atoms with van der Waals surface area (Å²) in [5, 5.41) is 49.9. The summed E-state index contributed by atoms with van der Waals surface area (Å²) in [6.45, 7) is 1.31. The summed E-state index contributed by atoms with van der Waals surface area (Å²) in [5.41, 5.74) is -3.63. The second-order valence-corrected chi connectivity index (χ2v) is 6.27. The van der Waals surface area contributed by atoms with Crippen molar-refractivity contribution >= 4 is 34.8 Å².